The molecular weight excluding hydrogens is 228 g/mol. The Bertz CT molecular complexity index is 443. The molecule has 0 saturated carbocycles. The van der Waals surface area contributed by atoms with Gasteiger partial charge in [0.1, 0.15) is 6.10 Å². The molecule has 1 aromatic carbocycles. The van der Waals surface area contributed by atoms with Crippen LogP contribution in [0.4, 0.5) is 5.69 Å². The number of anilines is 1. The van der Waals surface area contributed by atoms with Crippen LogP contribution in [0.15, 0.2) is 18.2 Å². The first-order valence-corrected chi connectivity index (χ1v) is 6.34. The van der Waals surface area contributed by atoms with Gasteiger partial charge in [0.15, 0.2) is 0 Å². The Morgan fingerprint density at radius 3 is 2.83 bits per heavy atom. The van der Waals surface area contributed by atoms with Crippen molar-refractivity contribution >= 4 is 11.6 Å². The molecule has 0 bridgehead atoms. The van der Waals surface area contributed by atoms with Crippen LogP contribution in [0.2, 0.25) is 0 Å². The number of benzene rings is 1. The third-order valence-electron chi connectivity index (χ3n) is 3.41. The summed E-state index contributed by atoms with van der Waals surface area (Å²) in [5, 5.41) is 0. The van der Waals surface area contributed by atoms with Crippen LogP contribution in [-0.4, -0.2) is 31.7 Å². The Morgan fingerprint density at radius 2 is 2.17 bits per heavy atom. The van der Waals surface area contributed by atoms with Crippen molar-refractivity contribution in [1.82, 2.24) is 0 Å². The van der Waals surface area contributed by atoms with Gasteiger partial charge in [0.2, 0.25) is 0 Å². The molecule has 1 aromatic rings. The molecule has 18 heavy (non-hydrogen) atoms. The Morgan fingerprint density at radius 1 is 1.39 bits per heavy atom. The molecule has 1 amide bonds. The molecule has 0 aliphatic carbocycles. The molecule has 1 aliphatic heterocycles. The molecule has 98 valence electrons. The molecule has 1 heterocycles. The quantitative estimate of drug-likeness (QED) is 0.879. The molecule has 1 fully saturated rings. The zero-order valence-electron chi connectivity index (χ0n) is 11.0. The number of rotatable bonds is 3. The highest BCUT2D eigenvalue weighted by molar-refractivity contribution is 5.97. The lowest BCUT2D eigenvalue weighted by molar-refractivity contribution is -0.134. The lowest BCUT2D eigenvalue weighted by atomic mass is 10.1. The van der Waals surface area contributed by atoms with Crippen LogP contribution < -0.4 is 10.6 Å². The summed E-state index contributed by atoms with van der Waals surface area (Å²) in [6.07, 6.45) is 0.200. The van der Waals surface area contributed by atoms with Gasteiger partial charge < -0.3 is 15.4 Å². The number of nitrogens with zero attached hydrogens (tertiary/aromatic N) is 1. The van der Waals surface area contributed by atoms with E-state index in [1.165, 1.54) is 11.1 Å². The maximum absolute atomic E-state index is 12.3. The van der Waals surface area contributed by atoms with Crippen LogP contribution in [0.5, 0.6) is 0 Å². The zero-order chi connectivity index (χ0) is 13.1. The molecule has 0 spiro atoms. The maximum atomic E-state index is 12.3. The number of hydrogen-bond acceptors (Lipinski definition) is 3. The minimum Gasteiger partial charge on any atom is -0.366 e. The van der Waals surface area contributed by atoms with E-state index in [0.717, 1.165) is 5.69 Å². The fourth-order valence-corrected chi connectivity index (χ4v) is 2.15. The van der Waals surface area contributed by atoms with Gasteiger partial charge in [-0.3, -0.25) is 4.79 Å². The standard InChI is InChI=1S/C14H20N2O2/c1-10-3-4-12(9-11(10)2)16-7-8-18-13(5-6-15)14(16)17/h3-4,9,13H,5-8,15H2,1-2H3. The lowest BCUT2D eigenvalue weighted by Crippen LogP contribution is -2.48. The molecule has 4 nitrogen and oxygen atoms in total. The number of carbonyl (C=O) groups is 1. The van der Waals surface area contributed by atoms with Crippen molar-refractivity contribution in [3.63, 3.8) is 0 Å². The van der Waals surface area contributed by atoms with Gasteiger partial charge in [-0.1, -0.05) is 6.07 Å². The van der Waals surface area contributed by atoms with E-state index >= 15 is 0 Å². The molecular formula is C14H20N2O2. The third-order valence-corrected chi connectivity index (χ3v) is 3.41. The van der Waals surface area contributed by atoms with E-state index < -0.39 is 0 Å². The van der Waals surface area contributed by atoms with Gasteiger partial charge in [-0.25, -0.2) is 0 Å². The summed E-state index contributed by atoms with van der Waals surface area (Å²) < 4.78 is 5.47. The Hall–Kier alpha value is -1.39. The van der Waals surface area contributed by atoms with Crippen LogP contribution in [0.3, 0.4) is 0 Å². The van der Waals surface area contributed by atoms with E-state index in [1.807, 2.05) is 12.1 Å². The smallest absolute Gasteiger partial charge is 0.256 e. The number of nitrogens with two attached hydrogens (primary N) is 1. The summed E-state index contributed by atoms with van der Waals surface area (Å²) in [6, 6.07) is 6.09. The summed E-state index contributed by atoms with van der Waals surface area (Å²) in [5.74, 6) is 0.0231. The van der Waals surface area contributed by atoms with Gasteiger partial charge in [0, 0.05) is 12.2 Å². The number of ether oxygens (including phenoxy) is 1. The van der Waals surface area contributed by atoms with E-state index in [1.54, 1.807) is 4.90 Å². The molecule has 1 unspecified atom stereocenters. The van der Waals surface area contributed by atoms with Crippen LogP contribution in [0.1, 0.15) is 17.5 Å². The summed E-state index contributed by atoms with van der Waals surface area (Å²) in [5.41, 5.74) is 8.88. The number of morpholine rings is 1. The van der Waals surface area contributed by atoms with Crippen molar-refractivity contribution in [3.05, 3.63) is 29.3 Å². The van der Waals surface area contributed by atoms with Crippen molar-refractivity contribution in [3.8, 4) is 0 Å². The molecule has 0 aromatic heterocycles. The Balaban J connectivity index is 2.21. The lowest BCUT2D eigenvalue weighted by Gasteiger charge is -2.32. The van der Waals surface area contributed by atoms with E-state index in [2.05, 4.69) is 19.9 Å². The maximum Gasteiger partial charge on any atom is 0.256 e. The minimum absolute atomic E-state index is 0.0231. The average Bonchev–Trinajstić information content (AvgIpc) is 2.36. The zero-order valence-corrected chi connectivity index (χ0v) is 11.0. The summed E-state index contributed by atoms with van der Waals surface area (Å²) in [7, 11) is 0. The number of carbonyl (C=O) groups excluding carboxylic acids is 1. The van der Waals surface area contributed by atoms with Gasteiger partial charge >= 0.3 is 0 Å². The third kappa shape index (κ3) is 2.54. The van der Waals surface area contributed by atoms with Gasteiger partial charge in [0.25, 0.3) is 5.91 Å². The first-order valence-electron chi connectivity index (χ1n) is 6.34. The second kappa shape index (κ2) is 5.50. The fourth-order valence-electron chi connectivity index (χ4n) is 2.15. The van der Waals surface area contributed by atoms with Crippen molar-refractivity contribution in [2.75, 3.05) is 24.6 Å². The van der Waals surface area contributed by atoms with E-state index in [4.69, 9.17) is 10.5 Å². The largest absolute Gasteiger partial charge is 0.366 e. The predicted molar refractivity (Wildman–Crippen MR) is 71.7 cm³/mol. The normalized spacial score (nSPS) is 20.3. The molecule has 1 saturated heterocycles. The molecule has 4 heteroatoms. The van der Waals surface area contributed by atoms with Crippen LogP contribution in [-0.2, 0) is 9.53 Å². The SMILES string of the molecule is Cc1ccc(N2CCOC(CCN)C2=O)cc1C. The predicted octanol–water partition coefficient (Wildman–Crippen LogP) is 1.38. The van der Waals surface area contributed by atoms with E-state index in [-0.39, 0.29) is 12.0 Å². The summed E-state index contributed by atoms with van der Waals surface area (Å²) in [6.45, 7) is 5.78. The van der Waals surface area contributed by atoms with E-state index in [0.29, 0.717) is 26.1 Å². The average molecular weight is 248 g/mol. The van der Waals surface area contributed by atoms with Gasteiger partial charge in [-0.05, 0) is 50.1 Å². The Labute approximate surface area is 108 Å². The van der Waals surface area contributed by atoms with Crippen LogP contribution in [0.25, 0.3) is 0 Å². The highest BCUT2D eigenvalue weighted by Crippen LogP contribution is 2.22. The highest BCUT2D eigenvalue weighted by Gasteiger charge is 2.29. The number of amides is 1. The number of hydrogen-bond donors (Lipinski definition) is 1. The van der Waals surface area contributed by atoms with Crippen LogP contribution >= 0.6 is 0 Å². The first kappa shape index (κ1) is 13.1. The highest BCUT2D eigenvalue weighted by atomic mass is 16.5. The van der Waals surface area contributed by atoms with Crippen molar-refractivity contribution in [2.24, 2.45) is 5.73 Å². The molecule has 1 aliphatic rings. The molecule has 2 N–H and O–H groups in total. The summed E-state index contributed by atoms with van der Waals surface area (Å²) in [4.78, 5) is 14.1. The monoisotopic (exact) mass is 248 g/mol. The summed E-state index contributed by atoms with van der Waals surface area (Å²) >= 11 is 0. The van der Waals surface area contributed by atoms with Gasteiger partial charge in [-0.2, -0.15) is 0 Å². The second-order valence-corrected chi connectivity index (χ2v) is 4.70. The molecule has 1 atom stereocenters. The molecule has 2 rings (SSSR count). The number of aryl methyl sites for hydroxylation is 2. The van der Waals surface area contributed by atoms with Crippen molar-refractivity contribution in [1.29, 1.82) is 0 Å². The fraction of sp³-hybridized carbons (Fsp3) is 0.500. The van der Waals surface area contributed by atoms with Crippen molar-refractivity contribution < 1.29 is 9.53 Å². The second-order valence-electron chi connectivity index (χ2n) is 4.70. The first-order chi connectivity index (χ1) is 8.63. The van der Waals surface area contributed by atoms with Crippen LogP contribution in [0, 0.1) is 13.8 Å². The van der Waals surface area contributed by atoms with Crippen molar-refractivity contribution in [2.45, 2.75) is 26.4 Å². The van der Waals surface area contributed by atoms with Gasteiger partial charge in [0.05, 0.1) is 6.61 Å². The van der Waals surface area contributed by atoms with E-state index in [9.17, 15) is 4.79 Å². The topological polar surface area (TPSA) is 55.6 Å². The van der Waals surface area contributed by atoms with Gasteiger partial charge in [-0.15, -0.1) is 0 Å². The Kier molecular flexibility index (Phi) is 3.99. The minimum atomic E-state index is -0.384. The molecule has 0 radical (unpaired) electrons.